The predicted octanol–water partition coefficient (Wildman–Crippen LogP) is 0.730. The molecule has 0 atom stereocenters. The van der Waals surface area contributed by atoms with Gasteiger partial charge in [0.1, 0.15) is 0 Å². The highest BCUT2D eigenvalue weighted by atomic mass is 35.5. The van der Waals surface area contributed by atoms with Gasteiger partial charge in [-0.1, -0.05) is 0 Å². The molecular weight excluding hydrogens is 266 g/mol. The molecule has 0 aromatic carbocycles. The Morgan fingerprint density at radius 2 is 2.06 bits per heavy atom. The molecular formula is C10H20ClNO4S. The van der Waals surface area contributed by atoms with E-state index in [4.69, 9.17) is 21.1 Å². The van der Waals surface area contributed by atoms with Crippen molar-refractivity contribution >= 4 is 21.6 Å². The van der Waals surface area contributed by atoms with E-state index in [2.05, 4.69) is 4.72 Å². The average Bonchev–Trinajstić information content (AvgIpc) is 2.30. The third-order valence-electron chi connectivity index (χ3n) is 2.84. The molecule has 1 fully saturated rings. The van der Waals surface area contributed by atoms with Crippen LogP contribution in [0.3, 0.4) is 0 Å². The van der Waals surface area contributed by atoms with Gasteiger partial charge in [0.05, 0.1) is 11.3 Å². The predicted molar refractivity (Wildman–Crippen MR) is 66.9 cm³/mol. The molecule has 0 radical (unpaired) electrons. The lowest BCUT2D eigenvalue weighted by atomic mass is 9.94. The Kier molecular flexibility index (Phi) is 6.16. The maximum atomic E-state index is 11.9. The van der Waals surface area contributed by atoms with Crippen molar-refractivity contribution in [3.8, 4) is 0 Å². The van der Waals surface area contributed by atoms with E-state index in [1.54, 1.807) is 7.11 Å². The fourth-order valence-electron chi connectivity index (χ4n) is 1.80. The van der Waals surface area contributed by atoms with Crippen molar-refractivity contribution < 1.29 is 17.9 Å². The van der Waals surface area contributed by atoms with Gasteiger partial charge in [-0.15, -0.1) is 11.6 Å². The summed E-state index contributed by atoms with van der Waals surface area (Å²) < 4.78 is 36.5. The first-order valence-electron chi connectivity index (χ1n) is 5.68. The molecule has 0 unspecified atom stereocenters. The van der Waals surface area contributed by atoms with Crippen LogP contribution in [0.5, 0.6) is 0 Å². The summed E-state index contributed by atoms with van der Waals surface area (Å²) in [6.07, 6.45) is 1.74. The molecule has 0 bridgehead atoms. The molecule has 5 nitrogen and oxygen atoms in total. The number of nitrogens with one attached hydrogen (secondary N) is 1. The lowest BCUT2D eigenvalue weighted by Crippen LogP contribution is -2.53. The van der Waals surface area contributed by atoms with Gasteiger partial charge in [0.25, 0.3) is 0 Å². The second kappa shape index (κ2) is 6.89. The van der Waals surface area contributed by atoms with Crippen LogP contribution in [-0.4, -0.2) is 52.5 Å². The van der Waals surface area contributed by atoms with E-state index >= 15 is 0 Å². The smallest absolute Gasteiger partial charge is 0.212 e. The number of hydrogen-bond donors (Lipinski definition) is 1. The molecule has 17 heavy (non-hydrogen) atoms. The zero-order valence-corrected chi connectivity index (χ0v) is 11.6. The van der Waals surface area contributed by atoms with Gasteiger partial charge in [-0.3, -0.25) is 0 Å². The standard InChI is InChI=1S/C10H20ClNO4S/c1-15-5-2-8-17(13,14)12-10(9-11)3-6-16-7-4-10/h12H,2-9H2,1H3. The maximum Gasteiger partial charge on any atom is 0.212 e. The Morgan fingerprint density at radius 1 is 1.41 bits per heavy atom. The number of halogens is 1. The Hall–Kier alpha value is 0.120. The summed E-state index contributed by atoms with van der Waals surface area (Å²) in [5.41, 5.74) is -0.536. The molecule has 0 saturated carbocycles. The second-order valence-electron chi connectivity index (χ2n) is 4.29. The van der Waals surface area contributed by atoms with Gasteiger partial charge in [-0.05, 0) is 19.3 Å². The minimum absolute atomic E-state index is 0.0698. The van der Waals surface area contributed by atoms with Gasteiger partial charge >= 0.3 is 0 Å². The van der Waals surface area contributed by atoms with Gasteiger partial charge in [0.2, 0.25) is 10.0 Å². The van der Waals surface area contributed by atoms with E-state index in [0.29, 0.717) is 39.1 Å². The normalized spacial score (nSPS) is 20.4. The minimum atomic E-state index is -3.29. The van der Waals surface area contributed by atoms with Gasteiger partial charge in [-0.2, -0.15) is 0 Å². The van der Waals surface area contributed by atoms with Crippen molar-refractivity contribution in [3.63, 3.8) is 0 Å². The Bertz CT molecular complexity index is 314. The van der Waals surface area contributed by atoms with E-state index in [-0.39, 0.29) is 11.6 Å². The zero-order valence-electron chi connectivity index (χ0n) is 10.1. The topological polar surface area (TPSA) is 64.6 Å². The van der Waals surface area contributed by atoms with Crippen molar-refractivity contribution in [2.75, 3.05) is 38.6 Å². The molecule has 1 saturated heterocycles. The van der Waals surface area contributed by atoms with Crippen LogP contribution in [0, 0.1) is 0 Å². The lowest BCUT2D eigenvalue weighted by Gasteiger charge is -2.35. The van der Waals surface area contributed by atoms with Crippen LogP contribution in [-0.2, 0) is 19.5 Å². The molecule has 0 aromatic rings. The molecule has 0 spiro atoms. The molecule has 0 amide bonds. The molecule has 102 valence electrons. The molecule has 0 aliphatic carbocycles. The fraction of sp³-hybridized carbons (Fsp3) is 1.00. The molecule has 1 rings (SSSR count). The molecule has 1 N–H and O–H groups in total. The largest absolute Gasteiger partial charge is 0.385 e. The minimum Gasteiger partial charge on any atom is -0.385 e. The van der Waals surface area contributed by atoms with Crippen molar-refractivity contribution in [1.29, 1.82) is 0 Å². The highest BCUT2D eigenvalue weighted by molar-refractivity contribution is 7.89. The van der Waals surface area contributed by atoms with E-state index in [1.165, 1.54) is 0 Å². The summed E-state index contributed by atoms with van der Waals surface area (Å²) in [7, 11) is -1.74. The van der Waals surface area contributed by atoms with Gasteiger partial charge in [0.15, 0.2) is 0 Å². The first-order chi connectivity index (χ1) is 8.04. The van der Waals surface area contributed by atoms with Crippen LogP contribution in [0.25, 0.3) is 0 Å². The Morgan fingerprint density at radius 3 is 2.59 bits per heavy atom. The van der Waals surface area contributed by atoms with Crippen LogP contribution in [0.15, 0.2) is 0 Å². The van der Waals surface area contributed by atoms with E-state index in [9.17, 15) is 8.42 Å². The van der Waals surface area contributed by atoms with Gasteiger partial charge in [-0.25, -0.2) is 13.1 Å². The van der Waals surface area contributed by atoms with Gasteiger partial charge < -0.3 is 9.47 Å². The molecule has 1 heterocycles. The molecule has 0 aromatic heterocycles. The number of methoxy groups -OCH3 is 1. The SMILES string of the molecule is COCCCS(=O)(=O)NC1(CCl)CCOCC1. The van der Waals surface area contributed by atoms with Crippen LogP contribution in [0.2, 0.25) is 0 Å². The second-order valence-corrected chi connectivity index (χ2v) is 6.40. The monoisotopic (exact) mass is 285 g/mol. The third kappa shape index (κ3) is 5.09. The van der Waals surface area contributed by atoms with Crippen molar-refractivity contribution in [3.05, 3.63) is 0 Å². The van der Waals surface area contributed by atoms with Crippen LogP contribution in [0.1, 0.15) is 19.3 Å². The number of hydrogen-bond acceptors (Lipinski definition) is 4. The van der Waals surface area contributed by atoms with E-state index < -0.39 is 15.6 Å². The number of rotatable bonds is 7. The summed E-state index contributed by atoms with van der Waals surface area (Å²) in [5, 5.41) is 0. The molecule has 7 heteroatoms. The van der Waals surface area contributed by atoms with Crippen molar-refractivity contribution in [2.24, 2.45) is 0 Å². The Labute approximate surface area is 108 Å². The van der Waals surface area contributed by atoms with Crippen LogP contribution >= 0.6 is 11.6 Å². The molecule has 1 aliphatic rings. The number of alkyl halides is 1. The Balaban J connectivity index is 2.54. The van der Waals surface area contributed by atoms with E-state index in [0.717, 1.165) is 0 Å². The summed E-state index contributed by atoms with van der Waals surface area (Å²) >= 11 is 5.90. The zero-order chi connectivity index (χ0) is 12.8. The first kappa shape index (κ1) is 15.2. The number of ether oxygens (including phenoxy) is 2. The third-order valence-corrected chi connectivity index (χ3v) is 4.92. The summed E-state index contributed by atoms with van der Waals surface area (Å²) in [5.74, 6) is 0.347. The number of sulfonamides is 1. The first-order valence-corrected chi connectivity index (χ1v) is 7.87. The summed E-state index contributed by atoms with van der Waals surface area (Å²) in [4.78, 5) is 0. The van der Waals surface area contributed by atoms with Crippen LogP contribution in [0.4, 0.5) is 0 Å². The molecule has 1 aliphatic heterocycles. The maximum absolute atomic E-state index is 11.9. The van der Waals surface area contributed by atoms with Gasteiger partial charge in [0, 0.05) is 32.8 Å². The quantitative estimate of drug-likeness (QED) is 0.553. The highest BCUT2D eigenvalue weighted by Crippen LogP contribution is 2.23. The van der Waals surface area contributed by atoms with E-state index in [1.807, 2.05) is 0 Å². The average molecular weight is 286 g/mol. The lowest BCUT2D eigenvalue weighted by molar-refractivity contribution is 0.0549. The van der Waals surface area contributed by atoms with Crippen molar-refractivity contribution in [2.45, 2.75) is 24.8 Å². The summed E-state index contributed by atoms with van der Waals surface area (Å²) in [6.45, 7) is 1.54. The summed E-state index contributed by atoms with van der Waals surface area (Å²) in [6, 6.07) is 0. The van der Waals surface area contributed by atoms with Crippen LogP contribution < -0.4 is 4.72 Å². The fourth-order valence-corrected chi connectivity index (χ4v) is 3.75. The highest BCUT2D eigenvalue weighted by Gasteiger charge is 2.35. The van der Waals surface area contributed by atoms with Crippen molar-refractivity contribution in [1.82, 2.24) is 4.72 Å².